The third-order valence-corrected chi connectivity index (χ3v) is 4.25. The predicted octanol–water partition coefficient (Wildman–Crippen LogP) is 5.75. The molecule has 154 valence electrons. The van der Waals surface area contributed by atoms with Gasteiger partial charge in [-0.25, -0.2) is 4.79 Å². The largest absolute Gasteiger partial charge is 0.459 e. The minimum absolute atomic E-state index is 0.187. The van der Waals surface area contributed by atoms with Crippen molar-refractivity contribution < 1.29 is 19.4 Å². The van der Waals surface area contributed by atoms with Crippen LogP contribution in [0.3, 0.4) is 0 Å². The number of hydrogen-bond donors (Lipinski definition) is 0. The number of hydrogen-bond acceptors (Lipinski definition) is 6. The van der Waals surface area contributed by atoms with Gasteiger partial charge < -0.3 is 4.74 Å². The van der Waals surface area contributed by atoms with Crippen molar-refractivity contribution >= 4 is 17.3 Å². The monoisotopic (exact) mass is 392 g/mol. The molecule has 0 aromatic heterocycles. The van der Waals surface area contributed by atoms with Crippen LogP contribution in [-0.4, -0.2) is 21.9 Å². The van der Waals surface area contributed by atoms with Crippen LogP contribution in [0.2, 0.25) is 0 Å². The van der Waals surface area contributed by atoms with Gasteiger partial charge in [0.05, 0.1) is 27.6 Å². The number of nitro benzene ring substituents is 2. The Morgan fingerprint density at radius 1 is 1.00 bits per heavy atom. The minimum atomic E-state index is -0.790. The van der Waals surface area contributed by atoms with Gasteiger partial charge in [0.15, 0.2) is 0 Å². The van der Waals surface area contributed by atoms with Gasteiger partial charge in [-0.05, 0) is 39.0 Å². The fraction of sp³-hybridized carbons (Fsp3) is 0.550. The van der Waals surface area contributed by atoms with Crippen LogP contribution in [0.1, 0.15) is 75.6 Å². The second kappa shape index (κ2) is 12.6. The SMILES string of the molecule is CC/C=C/CCCCCCC[C@H](C)OC(=O)c1cc([N+](=O)[O-])cc([N+](=O)[O-])c1. The van der Waals surface area contributed by atoms with E-state index in [1.807, 2.05) is 0 Å². The van der Waals surface area contributed by atoms with Crippen molar-refractivity contribution in [2.75, 3.05) is 0 Å². The second-order valence-electron chi connectivity index (χ2n) is 6.69. The van der Waals surface area contributed by atoms with Crippen LogP contribution < -0.4 is 0 Å². The number of ether oxygens (including phenoxy) is 1. The highest BCUT2D eigenvalue weighted by Crippen LogP contribution is 2.23. The Hall–Kier alpha value is -2.77. The van der Waals surface area contributed by atoms with Crippen molar-refractivity contribution in [1.82, 2.24) is 0 Å². The zero-order valence-corrected chi connectivity index (χ0v) is 16.5. The molecule has 0 amide bonds. The van der Waals surface area contributed by atoms with Gasteiger partial charge in [-0.15, -0.1) is 0 Å². The summed E-state index contributed by atoms with van der Waals surface area (Å²) in [5.74, 6) is -0.790. The Morgan fingerprint density at radius 2 is 1.57 bits per heavy atom. The Kier molecular flexibility index (Phi) is 10.5. The van der Waals surface area contributed by atoms with Crippen LogP contribution in [0.5, 0.6) is 0 Å². The van der Waals surface area contributed by atoms with Crippen molar-refractivity contribution in [2.45, 2.75) is 71.3 Å². The lowest BCUT2D eigenvalue weighted by Gasteiger charge is -2.13. The molecule has 0 unspecified atom stereocenters. The number of allylic oxidation sites excluding steroid dienone is 2. The van der Waals surface area contributed by atoms with Gasteiger partial charge in [-0.1, -0.05) is 38.3 Å². The smallest absolute Gasteiger partial charge is 0.338 e. The molecule has 0 heterocycles. The molecular weight excluding hydrogens is 364 g/mol. The normalized spacial score (nSPS) is 12.1. The molecule has 0 N–H and O–H groups in total. The van der Waals surface area contributed by atoms with E-state index in [1.165, 1.54) is 12.8 Å². The lowest BCUT2D eigenvalue weighted by atomic mass is 10.1. The summed E-state index contributed by atoms with van der Waals surface area (Å²) in [6, 6.07) is 2.81. The molecule has 0 saturated carbocycles. The number of carbonyl (C=O) groups excluding carboxylic acids is 1. The summed E-state index contributed by atoms with van der Waals surface area (Å²) in [7, 11) is 0. The maximum atomic E-state index is 12.2. The van der Waals surface area contributed by atoms with E-state index in [-0.39, 0.29) is 11.7 Å². The van der Waals surface area contributed by atoms with Crippen LogP contribution in [0, 0.1) is 20.2 Å². The van der Waals surface area contributed by atoms with Crippen LogP contribution in [0.15, 0.2) is 30.4 Å². The average molecular weight is 392 g/mol. The standard InChI is InChI=1S/C20H28N2O6/c1-3-4-5-6-7-8-9-10-11-12-16(2)28-20(23)17-13-18(21(24)25)15-19(14-17)22(26)27/h4-5,13-16H,3,6-12H2,1-2H3/b5-4+/t16-/m0/s1. The first kappa shape index (κ1) is 23.3. The number of esters is 1. The number of non-ortho nitro benzene ring substituents is 2. The van der Waals surface area contributed by atoms with Gasteiger partial charge in [-0.3, -0.25) is 20.2 Å². The summed E-state index contributed by atoms with van der Waals surface area (Å²) in [5.41, 5.74) is -1.21. The van der Waals surface area contributed by atoms with Crippen LogP contribution in [-0.2, 0) is 4.74 Å². The molecule has 8 heteroatoms. The summed E-state index contributed by atoms with van der Waals surface area (Å²) in [6.07, 6.45) is 12.3. The molecule has 1 atom stereocenters. The number of rotatable bonds is 13. The quantitative estimate of drug-likeness (QED) is 0.139. The van der Waals surface area contributed by atoms with Gasteiger partial charge in [0.2, 0.25) is 0 Å². The van der Waals surface area contributed by atoms with Crippen molar-refractivity contribution in [3.05, 3.63) is 56.1 Å². The molecule has 1 rings (SSSR count). The fourth-order valence-corrected chi connectivity index (χ4v) is 2.74. The first-order chi connectivity index (χ1) is 13.3. The summed E-state index contributed by atoms with van der Waals surface area (Å²) in [5, 5.41) is 21.8. The topological polar surface area (TPSA) is 113 Å². The highest BCUT2D eigenvalue weighted by molar-refractivity contribution is 5.91. The van der Waals surface area contributed by atoms with E-state index in [2.05, 4.69) is 19.1 Å². The van der Waals surface area contributed by atoms with Gasteiger partial charge in [0.1, 0.15) is 0 Å². The minimum Gasteiger partial charge on any atom is -0.459 e. The second-order valence-corrected chi connectivity index (χ2v) is 6.69. The molecule has 0 aliphatic rings. The summed E-state index contributed by atoms with van der Waals surface area (Å²) < 4.78 is 5.28. The molecule has 1 aromatic rings. The summed E-state index contributed by atoms with van der Waals surface area (Å²) in [4.78, 5) is 32.4. The molecule has 0 fully saturated rings. The summed E-state index contributed by atoms with van der Waals surface area (Å²) in [6.45, 7) is 3.87. The van der Waals surface area contributed by atoms with E-state index in [0.29, 0.717) is 6.42 Å². The Bertz CT molecular complexity index is 670. The lowest BCUT2D eigenvalue weighted by molar-refractivity contribution is -0.394. The maximum absolute atomic E-state index is 12.2. The van der Waals surface area contributed by atoms with Crippen LogP contribution >= 0.6 is 0 Å². The molecule has 0 saturated heterocycles. The van der Waals surface area contributed by atoms with Crippen molar-refractivity contribution in [3.63, 3.8) is 0 Å². The molecule has 0 aliphatic carbocycles. The molecule has 28 heavy (non-hydrogen) atoms. The lowest BCUT2D eigenvalue weighted by Crippen LogP contribution is -2.15. The van der Waals surface area contributed by atoms with Gasteiger partial charge in [0, 0.05) is 12.1 Å². The molecule has 0 aliphatic heterocycles. The molecular formula is C20H28N2O6. The average Bonchev–Trinajstić information content (AvgIpc) is 2.66. The van der Waals surface area contributed by atoms with Crippen LogP contribution in [0.4, 0.5) is 11.4 Å². The van der Waals surface area contributed by atoms with Gasteiger partial charge >= 0.3 is 5.97 Å². The van der Waals surface area contributed by atoms with Crippen molar-refractivity contribution in [2.24, 2.45) is 0 Å². The van der Waals surface area contributed by atoms with E-state index < -0.39 is 27.2 Å². The van der Waals surface area contributed by atoms with E-state index in [9.17, 15) is 25.0 Å². The van der Waals surface area contributed by atoms with E-state index in [4.69, 9.17) is 4.74 Å². The van der Waals surface area contributed by atoms with E-state index in [0.717, 1.165) is 50.3 Å². The fourth-order valence-electron chi connectivity index (χ4n) is 2.74. The highest BCUT2D eigenvalue weighted by Gasteiger charge is 2.21. The van der Waals surface area contributed by atoms with Crippen molar-refractivity contribution in [3.8, 4) is 0 Å². The molecule has 0 radical (unpaired) electrons. The molecule has 1 aromatic carbocycles. The zero-order valence-electron chi connectivity index (χ0n) is 16.5. The third kappa shape index (κ3) is 8.75. The molecule has 0 bridgehead atoms. The van der Waals surface area contributed by atoms with Crippen LogP contribution in [0.25, 0.3) is 0 Å². The van der Waals surface area contributed by atoms with Gasteiger partial charge in [0.25, 0.3) is 11.4 Å². The van der Waals surface area contributed by atoms with E-state index in [1.54, 1.807) is 6.92 Å². The Labute approximate surface area is 164 Å². The van der Waals surface area contributed by atoms with Gasteiger partial charge in [-0.2, -0.15) is 0 Å². The zero-order chi connectivity index (χ0) is 20.9. The Balaban J connectivity index is 2.43. The first-order valence-electron chi connectivity index (χ1n) is 9.65. The number of benzene rings is 1. The number of carbonyl (C=O) groups is 1. The molecule has 8 nitrogen and oxygen atoms in total. The van der Waals surface area contributed by atoms with Crippen molar-refractivity contribution in [1.29, 1.82) is 0 Å². The number of nitro groups is 2. The summed E-state index contributed by atoms with van der Waals surface area (Å²) >= 11 is 0. The molecule has 0 spiro atoms. The maximum Gasteiger partial charge on any atom is 0.338 e. The van der Waals surface area contributed by atoms with E-state index >= 15 is 0 Å². The predicted molar refractivity (Wildman–Crippen MR) is 106 cm³/mol. The highest BCUT2D eigenvalue weighted by atomic mass is 16.6. The Morgan fingerprint density at radius 3 is 2.14 bits per heavy atom. The third-order valence-electron chi connectivity index (χ3n) is 4.25. The first-order valence-corrected chi connectivity index (χ1v) is 9.65. The number of nitrogens with zero attached hydrogens (tertiary/aromatic N) is 2. The number of unbranched alkanes of at least 4 members (excludes halogenated alkanes) is 5.